The van der Waals surface area contributed by atoms with E-state index in [1.54, 1.807) is 4.68 Å². The second-order valence-corrected chi connectivity index (χ2v) is 6.76. The van der Waals surface area contributed by atoms with E-state index in [0.29, 0.717) is 11.4 Å². The van der Waals surface area contributed by atoms with Gasteiger partial charge >= 0.3 is 0 Å². The molecule has 0 aliphatic heterocycles. The number of carbonyl (C=O) groups excluding carboxylic acids is 1. The Bertz CT molecular complexity index is 906. The molecule has 6 heteroatoms. The number of amides is 1. The molecule has 0 atom stereocenters. The first-order valence-corrected chi connectivity index (χ1v) is 8.43. The third-order valence-electron chi connectivity index (χ3n) is 4.00. The molecule has 0 spiro atoms. The Hall–Kier alpha value is -2.34. The Labute approximate surface area is 149 Å². The predicted molar refractivity (Wildman–Crippen MR) is 98.8 cm³/mol. The molecule has 1 N–H and O–H groups in total. The second-order valence-electron chi connectivity index (χ2n) is 5.85. The zero-order valence-electron chi connectivity index (χ0n) is 14.1. The molecular formula is C18H19BrN4O. The van der Waals surface area contributed by atoms with E-state index in [1.807, 2.05) is 64.2 Å². The fraction of sp³-hybridized carbons (Fsp3) is 0.222. The van der Waals surface area contributed by atoms with Crippen LogP contribution in [0.3, 0.4) is 0 Å². The van der Waals surface area contributed by atoms with Crippen molar-refractivity contribution in [2.45, 2.75) is 20.8 Å². The van der Waals surface area contributed by atoms with Gasteiger partial charge in [-0.15, -0.1) is 0 Å². The van der Waals surface area contributed by atoms with Gasteiger partial charge in [0.05, 0.1) is 11.3 Å². The molecule has 2 heterocycles. The van der Waals surface area contributed by atoms with Crippen molar-refractivity contribution in [3.63, 3.8) is 0 Å². The van der Waals surface area contributed by atoms with Crippen LogP contribution in [0, 0.1) is 20.8 Å². The topological polar surface area (TPSA) is 51.9 Å². The van der Waals surface area contributed by atoms with E-state index >= 15 is 0 Å². The number of benzene rings is 1. The molecule has 5 nitrogen and oxygen atoms in total. The highest BCUT2D eigenvalue weighted by Crippen LogP contribution is 2.23. The summed E-state index contributed by atoms with van der Waals surface area (Å²) in [5, 5.41) is 7.18. The maximum absolute atomic E-state index is 12.7. The Morgan fingerprint density at radius 3 is 2.38 bits per heavy atom. The number of hydrogen-bond donors (Lipinski definition) is 1. The van der Waals surface area contributed by atoms with Crippen molar-refractivity contribution in [1.29, 1.82) is 0 Å². The van der Waals surface area contributed by atoms with Crippen LogP contribution in [0.25, 0.3) is 5.69 Å². The molecule has 0 saturated carbocycles. The van der Waals surface area contributed by atoms with Crippen molar-refractivity contribution in [1.82, 2.24) is 14.3 Å². The summed E-state index contributed by atoms with van der Waals surface area (Å²) >= 11 is 3.45. The lowest BCUT2D eigenvalue weighted by atomic mass is 10.2. The average molecular weight is 387 g/mol. The van der Waals surface area contributed by atoms with Gasteiger partial charge in [-0.2, -0.15) is 5.10 Å². The lowest BCUT2D eigenvalue weighted by molar-refractivity contribution is 0.102. The molecule has 2 aromatic heterocycles. The Morgan fingerprint density at radius 1 is 1.12 bits per heavy atom. The summed E-state index contributed by atoms with van der Waals surface area (Å²) < 4.78 is 4.77. The van der Waals surface area contributed by atoms with E-state index in [9.17, 15) is 4.79 Å². The fourth-order valence-corrected chi connectivity index (χ4v) is 3.16. The third-order valence-corrected chi connectivity index (χ3v) is 4.53. The van der Waals surface area contributed by atoms with Crippen molar-refractivity contribution in [2.75, 3.05) is 5.32 Å². The van der Waals surface area contributed by atoms with E-state index < -0.39 is 0 Å². The van der Waals surface area contributed by atoms with Gasteiger partial charge in [0, 0.05) is 34.7 Å². The van der Waals surface area contributed by atoms with E-state index in [4.69, 9.17) is 0 Å². The first kappa shape index (κ1) is 16.5. The Kier molecular flexibility index (Phi) is 4.32. The van der Waals surface area contributed by atoms with E-state index in [0.717, 1.165) is 27.2 Å². The molecule has 3 rings (SSSR count). The number of anilines is 1. The van der Waals surface area contributed by atoms with E-state index in [1.165, 1.54) is 0 Å². The molecule has 1 aromatic carbocycles. The minimum Gasteiger partial charge on any atom is -0.318 e. The number of aryl methyl sites for hydroxylation is 3. The molecule has 0 aliphatic carbocycles. The first-order valence-electron chi connectivity index (χ1n) is 7.63. The molecule has 1 amide bonds. The number of nitrogens with one attached hydrogen (secondary N) is 1. The third kappa shape index (κ3) is 3.01. The predicted octanol–water partition coefficient (Wildman–Crippen LogP) is 4.15. The number of aromatic nitrogens is 3. The average Bonchev–Trinajstić information content (AvgIpc) is 2.99. The van der Waals surface area contributed by atoms with Crippen LogP contribution in [-0.2, 0) is 7.05 Å². The molecule has 0 aliphatic rings. The molecule has 0 bridgehead atoms. The molecule has 0 saturated heterocycles. The monoisotopic (exact) mass is 386 g/mol. The summed E-state index contributed by atoms with van der Waals surface area (Å²) in [6.45, 7) is 5.85. The maximum atomic E-state index is 12.7. The highest BCUT2D eigenvalue weighted by Gasteiger charge is 2.18. The zero-order chi connectivity index (χ0) is 17.4. The van der Waals surface area contributed by atoms with Crippen molar-refractivity contribution in [2.24, 2.45) is 7.05 Å². The van der Waals surface area contributed by atoms with Crippen LogP contribution >= 0.6 is 15.9 Å². The van der Waals surface area contributed by atoms with Crippen molar-refractivity contribution in [3.05, 3.63) is 63.5 Å². The minimum atomic E-state index is -0.130. The lowest BCUT2D eigenvalue weighted by Crippen LogP contribution is -2.15. The van der Waals surface area contributed by atoms with Gasteiger partial charge in [-0.3, -0.25) is 9.48 Å². The largest absolute Gasteiger partial charge is 0.318 e. The molecule has 124 valence electrons. The lowest BCUT2D eigenvalue weighted by Gasteiger charge is -2.10. The fourth-order valence-electron chi connectivity index (χ4n) is 2.89. The van der Waals surface area contributed by atoms with E-state index in [-0.39, 0.29) is 5.91 Å². The van der Waals surface area contributed by atoms with Crippen LogP contribution < -0.4 is 5.32 Å². The number of halogens is 1. The second kappa shape index (κ2) is 6.28. The smallest absolute Gasteiger partial charge is 0.258 e. The molecule has 3 aromatic rings. The molecule has 0 fully saturated rings. The van der Waals surface area contributed by atoms with Gasteiger partial charge in [-0.25, -0.2) is 0 Å². The molecule has 24 heavy (non-hydrogen) atoms. The molecule has 0 unspecified atom stereocenters. The normalized spacial score (nSPS) is 10.9. The van der Waals surface area contributed by atoms with Crippen LogP contribution in [0.5, 0.6) is 0 Å². The SMILES string of the molecule is Cc1cc(NC(=O)c2cc(C)n(-c3ccc(Br)cc3)c2C)n(C)n1. The number of hydrogen-bond acceptors (Lipinski definition) is 2. The van der Waals surface area contributed by atoms with Gasteiger partial charge in [0.25, 0.3) is 5.91 Å². The quantitative estimate of drug-likeness (QED) is 0.734. The van der Waals surface area contributed by atoms with Gasteiger partial charge in [0.15, 0.2) is 0 Å². The van der Waals surface area contributed by atoms with Gasteiger partial charge in [0.1, 0.15) is 5.82 Å². The van der Waals surface area contributed by atoms with Crippen LogP contribution in [0.4, 0.5) is 5.82 Å². The van der Waals surface area contributed by atoms with Crippen LogP contribution in [-0.4, -0.2) is 20.3 Å². The van der Waals surface area contributed by atoms with Gasteiger partial charge < -0.3 is 9.88 Å². The van der Waals surface area contributed by atoms with Crippen LogP contribution in [0.15, 0.2) is 40.9 Å². The first-order chi connectivity index (χ1) is 11.4. The highest BCUT2D eigenvalue weighted by atomic mass is 79.9. The van der Waals surface area contributed by atoms with Crippen molar-refractivity contribution in [3.8, 4) is 5.69 Å². The maximum Gasteiger partial charge on any atom is 0.258 e. The number of nitrogens with zero attached hydrogens (tertiary/aromatic N) is 3. The number of carbonyl (C=O) groups is 1. The van der Waals surface area contributed by atoms with E-state index in [2.05, 4.69) is 30.9 Å². The van der Waals surface area contributed by atoms with Crippen LogP contribution in [0.1, 0.15) is 27.4 Å². The summed E-state index contributed by atoms with van der Waals surface area (Å²) in [6.07, 6.45) is 0. The zero-order valence-corrected chi connectivity index (χ0v) is 15.7. The number of rotatable bonds is 3. The van der Waals surface area contributed by atoms with Gasteiger partial charge in [0.2, 0.25) is 0 Å². The highest BCUT2D eigenvalue weighted by molar-refractivity contribution is 9.10. The van der Waals surface area contributed by atoms with Gasteiger partial charge in [-0.05, 0) is 51.1 Å². The summed E-state index contributed by atoms with van der Waals surface area (Å²) in [5.41, 5.74) is 4.48. The minimum absolute atomic E-state index is 0.130. The standard InChI is InChI=1S/C18H19BrN4O/c1-11-9-17(22(4)21-11)20-18(24)16-10-12(2)23(13(16)3)15-7-5-14(19)6-8-15/h5-10H,1-4H3,(H,20,24). The molecule has 0 radical (unpaired) electrons. The van der Waals surface area contributed by atoms with Gasteiger partial charge in [-0.1, -0.05) is 15.9 Å². The summed E-state index contributed by atoms with van der Waals surface area (Å²) in [5.74, 6) is 0.556. The summed E-state index contributed by atoms with van der Waals surface area (Å²) in [4.78, 5) is 12.7. The summed E-state index contributed by atoms with van der Waals surface area (Å²) in [6, 6.07) is 11.8. The Morgan fingerprint density at radius 2 is 1.79 bits per heavy atom. The van der Waals surface area contributed by atoms with Crippen LogP contribution in [0.2, 0.25) is 0 Å². The summed E-state index contributed by atoms with van der Waals surface area (Å²) in [7, 11) is 1.81. The van der Waals surface area contributed by atoms with Crippen molar-refractivity contribution < 1.29 is 4.79 Å². The molecular weight excluding hydrogens is 368 g/mol. The Balaban J connectivity index is 1.95. The van der Waals surface area contributed by atoms with Crippen molar-refractivity contribution >= 4 is 27.7 Å².